The summed E-state index contributed by atoms with van der Waals surface area (Å²) in [5.74, 6) is -1.35. The molecule has 0 radical (unpaired) electrons. The van der Waals surface area contributed by atoms with Gasteiger partial charge in [0.1, 0.15) is 24.9 Å². The standard InChI is InChI=1S/C38H75O12P/c1-3-5-7-9-11-13-14-15-16-17-18-20-21-23-25-27-36(42)47-31-33(49-37(43)28-26-24-22-19-12-10-8-6-4-2)32-48-51(45,46)50-35(30-40)38(44)34(41)29-39/h33-35,38-41,44H,3-32H2,1-2H3,(H,45,46)/t33-,34-,35-,38+/m1/s1/i31D/t31?,33-,34-,35-,38+. The minimum Gasteiger partial charge on any atom is -0.462 e. The zero-order valence-electron chi connectivity index (χ0n) is 32.9. The van der Waals surface area contributed by atoms with Gasteiger partial charge in [0.25, 0.3) is 0 Å². The highest BCUT2D eigenvalue weighted by atomic mass is 31.2. The van der Waals surface area contributed by atoms with E-state index in [0.29, 0.717) is 12.8 Å². The van der Waals surface area contributed by atoms with Crippen molar-refractivity contribution in [2.75, 3.05) is 26.4 Å². The number of rotatable bonds is 38. The van der Waals surface area contributed by atoms with Gasteiger partial charge in [-0.2, -0.15) is 0 Å². The molecule has 304 valence electrons. The van der Waals surface area contributed by atoms with E-state index in [2.05, 4.69) is 13.8 Å². The molecule has 0 aliphatic heterocycles. The quantitative estimate of drug-likeness (QED) is 0.0234. The maximum absolute atomic E-state index is 12.6. The van der Waals surface area contributed by atoms with E-state index in [9.17, 15) is 34.4 Å². The van der Waals surface area contributed by atoms with Crippen molar-refractivity contribution in [1.82, 2.24) is 0 Å². The maximum Gasteiger partial charge on any atom is 0.472 e. The molecule has 12 nitrogen and oxygen atoms in total. The maximum atomic E-state index is 12.6. The molecule has 0 fully saturated rings. The van der Waals surface area contributed by atoms with Crippen molar-refractivity contribution in [3.8, 4) is 0 Å². The van der Waals surface area contributed by atoms with Gasteiger partial charge in [-0.25, -0.2) is 4.57 Å². The van der Waals surface area contributed by atoms with Gasteiger partial charge >= 0.3 is 19.8 Å². The first-order valence-electron chi connectivity index (χ1n) is 20.6. The zero-order valence-corrected chi connectivity index (χ0v) is 32.8. The fourth-order valence-corrected chi connectivity index (χ4v) is 6.62. The lowest BCUT2D eigenvalue weighted by Gasteiger charge is -2.26. The lowest BCUT2D eigenvalue weighted by molar-refractivity contribution is -0.161. The van der Waals surface area contributed by atoms with Gasteiger partial charge in [0.05, 0.1) is 21.2 Å². The van der Waals surface area contributed by atoms with E-state index < -0.39 is 70.6 Å². The molecule has 0 rings (SSSR count). The topological polar surface area (TPSA) is 189 Å². The second-order valence-corrected chi connectivity index (χ2v) is 15.2. The summed E-state index contributed by atoms with van der Waals surface area (Å²) in [6, 6.07) is 0. The number of hydrogen-bond donors (Lipinski definition) is 5. The third kappa shape index (κ3) is 31.0. The Balaban J connectivity index is 4.74. The first-order chi connectivity index (χ1) is 25.0. The van der Waals surface area contributed by atoms with Crippen LogP contribution in [-0.2, 0) is 32.7 Å². The number of ether oxygens (including phenoxy) is 2. The van der Waals surface area contributed by atoms with Crippen LogP contribution in [0.1, 0.15) is 182 Å². The third-order valence-corrected chi connectivity index (χ3v) is 9.93. The Kier molecular flexibility index (Phi) is 32.5. The summed E-state index contributed by atoms with van der Waals surface area (Å²) >= 11 is 0. The van der Waals surface area contributed by atoms with Crippen LogP contribution in [0.25, 0.3) is 0 Å². The molecule has 0 heterocycles. The molecule has 5 N–H and O–H groups in total. The lowest BCUT2D eigenvalue weighted by atomic mass is 10.0. The first kappa shape index (κ1) is 47.9. The van der Waals surface area contributed by atoms with Gasteiger partial charge in [-0.15, -0.1) is 0 Å². The van der Waals surface area contributed by atoms with E-state index in [1.165, 1.54) is 96.3 Å². The summed E-state index contributed by atoms with van der Waals surface area (Å²) in [6.07, 6.45) is 20.2. The smallest absolute Gasteiger partial charge is 0.462 e. The van der Waals surface area contributed by atoms with Gasteiger partial charge in [-0.3, -0.25) is 18.6 Å². The van der Waals surface area contributed by atoms with Gasteiger partial charge in [0.15, 0.2) is 6.10 Å². The molecule has 51 heavy (non-hydrogen) atoms. The van der Waals surface area contributed by atoms with E-state index in [4.69, 9.17) is 25.0 Å². The largest absolute Gasteiger partial charge is 0.472 e. The molecule has 2 unspecified atom stereocenters. The van der Waals surface area contributed by atoms with E-state index in [1.807, 2.05) is 0 Å². The van der Waals surface area contributed by atoms with E-state index in [1.54, 1.807) is 0 Å². The van der Waals surface area contributed by atoms with Crippen LogP contribution in [0.4, 0.5) is 0 Å². The predicted molar refractivity (Wildman–Crippen MR) is 199 cm³/mol. The fraction of sp³-hybridized carbons (Fsp3) is 0.947. The molecule has 0 aliphatic rings. The van der Waals surface area contributed by atoms with E-state index >= 15 is 0 Å². The molecule has 0 amide bonds. The number of unbranched alkanes of at least 4 members (excludes halogenated alkanes) is 22. The van der Waals surface area contributed by atoms with Crippen LogP contribution in [-0.4, -0.2) is 88.1 Å². The summed E-state index contributed by atoms with van der Waals surface area (Å²) < 4.78 is 41.2. The SMILES string of the molecule is [2H]C(OC(=O)CCCCCCCCCCCCCCCCC)[C@H](COP(=O)(O)O[C@H](CO)[C@@H](O)[C@H](O)CO)OC(=O)CCCCCCCCCCC. The van der Waals surface area contributed by atoms with Gasteiger partial charge in [0.2, 0.25) is 0 Å². The number of carbonyl (C=O) groups excluding carboxylic acids is 2. The molecular formula is C38H75O12P. The van der Waals surface area contributed by atoms with Crippen LogP contribution in [0.2, 0.25) is 0 Å². The fourth-order valence-electron chi connectivity index (χ4n) is 5.69. The monoisotopic (exact) mass is 756 g/mol. The number of esters is 2. The highest BCUT2D eigenvalue weighted by Crippen LogP contribution is 2.45. The van der Waals surface area contributed by atoms with Crippen molar-refractivity contribution in [1.29, 1.82) is 0 Å². The Hall–Kier alpha value is -1.11. The number of phosphoric acid groups is 1. The van der Waals surface area contributed by atoms with Crippen molar-refractivity contribution in [2.24, 2.45) is 0 Å². The van der Waals surface area contributed by atoms with Crippen molar-refractivity contribution in [3.63, 3.8) is 0 Å². The van der Waals surface area contributed by atoms with Gasteiger partial charge in [-0.05, 0) is 12.8 Å². The van der Waals surface area contributed by atoms with Crippen LogP contribution >= 0.6 is 7.82 Å². The molecule has 6 atom stereocenters. The average molecular weight is 756 g/mol. The normalized spacial score (nSPS) is 16.1. The zero-order chi connectivity index (χ0) is 38.9. The Morgan fingerprint density at radius 3 is 1.41 bits per heavy atom. The average Bonchev–Trinajstić information content (AvgIpc) is 3.12. The van der Waals surface area contributed by atoms with Crippen LogP contribution in [0.3, 0.4) is 0 Å². The van der Waals surface area contributed by atoms with Gasteiger partial charge < -0.3 is 34.8 Å². The van der Waals surface area contributed by atoms with Crippen LogP contribution in [0.5, 0.6) is 0 Å². The second-order valence-electron chi connectivity index (χ2n) is 13.8. The number of aliphatic hydroxyl groups is 4. The molecule has 0 spiro atoms. The molecule has 0 saturated heterocycles. The van der Waals surface area contributed by atoms with Crippen LogP contribution in [0, 0.1) is 0 Å². The van der Waals surface area contributed by atoms with Crippen LogP contribution < -0.4 is 0 Å². The molecule has 0 aromatic rings. The number of phosphoric ester groups is 1. The number of carbonyl (C=O) groups is 2. The molecular weight excluding hydrogens is 679 g/mol. The number of aliphatic hydroxyl groups excluding tert-OH is 4. The predicted octanol–water partition coefficient (Wildman–Crippen LogP) is 7.83. The minimum absolute atomic E-state index is 0.0389. The van der Waals surface area contributed by atoms with Gasteiger partial charge in [0, 0.05) is 12.8 Å². The molecule has 0 bridgehead atoms. The van der Waals surface area contributed by atoms with Crippen molar-refractivity contribution < 1.29 is 59.4 Å². The van der Waals surface area contributed by atoms with Gasteiger partial charge in [-0.1, -0.05) is 155 Å². The van der Waals surface area contributed by atoms with Crippen LogP contribution in [0.15, 0.2) is 0 Å². The van der Waals surface area contributed by atoms with E-state index in [0.717, 1.165) is 44.9 Å². The highest BCUT2D eigenvalue weighted by molar-refractivity contribution is 7.47. The number of hydrogen-bond acceptors (Lipinski definition) is 11. The molecule has 0 aliphatic carbocycles. The Morgan fingerprint density at radius 1 is 0.627 bits per heavy atom. The minimum atomic E-state index is -5.06. The molecule has 13 heteroatoms. The first-order valence-corrected chi connectivity index (χ1v) is 21.6. The summed E-state index contributed by atoms with van der Waals surface area (Å²) in [6.45, 7) is -0.117. The lowest BCUT2D eigenvalue weighted by Crippen LogP contribution is -2.42. The van der Waals surface area contributed by atoms with Crippen molar-refractivity contribution >= 4 is 19.8 Å². The van der Waals surface area contributed by atoms with E-state index in [-0.39, 0.29) is 12.8 Å². The molecule has 0 aromatic carbocycles. The third-order valence-electron chi connectivity index (χ3n) is 8.92. The summed E-state index contributed by atoms with van der Waals surface area (Å²) in [5, 5.41) is 38.1. The Bertz CT molecular complexity index is 898. The summed E-state index contributed by atoms with van der Waals surface area (Å²) in [4.78, 5) is 35.4. The molecule has 0 aromatic heterocycles. The second kappa shape index (κ2) is 34.6. The summed E-state index contributed by atoms with van der Waals surface area (Å²) in [5.41, 5.74) is 0. The Labute approximate surface area is 310 Å². The van der Waals surface area contributed by atoms with Crippen molar-refractivity contribution in [2.45, 2.75) is 205 Å². The Morgan fingerprint density at radius 2 is 1.02 bits per heavy atom. The summed E-state index contributed by atoms with van der Waals surface area (Å²) in [7, 11) is -5.06. The van der Waals surface area contributed by atoms with Crippen molar-refractivity contribution in [3.05, 3.63) is 0 Å². The molecule has 0 saturated carbocycles. The highest BCUT2D eigenvalue weighted by Gasteiger charge is 2.35.